The number of rotatable bonds is 9. The molecular weight excluding hydrogens is 485 g/mol. The fourth-order valence-corrected chi connectivity index (χ4v) is 7.20. The number of aryl methyl sites for hydroxylation is 2. The monoisotopic (exact) mass is 523 g/mol. The minimum atomic E-state index is -1.48. The number of fused-ring (bicyclic) bond motifs is 3. The van der Waals surface area contributed by atoms with Crippen molar-refractivity contribution in [1.29, 1.82) is 0 Å². The maximum absolute atomic E-state index is 7.07. The van der Waals surface area contributed by atoms with Crippen molar-refractivity contribution in [2.24, 2.45) is 0 Å². The average molecular weight is 524 g/mol. The van der Waals surface area contributed by atoms with Crippen LogP contribution in [-0.2, 0) is 12.8 Å². The lowest BCUT2D eigenvalue weighted by Crippen LogP contribution is -2.27. The fraction of sp³-hybridized carbons (Fsp3) is 0.294. The van der Waals surface area contributed by atoms with Crippen LogP contribution >= 0.6 is 8.16 Å². The fourth-order valence-electron chi connectivity index (χ4n) is 5.40. The summed E-state index contributed by atoms with van der Waals surface area (Å²) in [5.41, 5.74) is 6.93. The van der Waals surface area contributed by atoms with E-state index in [2.05, 4.69) is 129 Å². The van der Waals surface area contributed by atoms with Crippen molar-refractivity contribution < 1.29 is 8.39 Å². The Morgan fingerprint density at radius 2 is 1.00 bits per heavy atom. The summed E-state index contributed by atoms with van der Waals surface area (Å²) in [5.74, 6) is 0. The normalized spacial score (nSPS) is 13.2. The summed E-state index contributed by atoms with van der Waals surface area (Å²) in [4.78, 5) is 0. The molecule has 0 N–H and O–H groups in total. The standard InChI is InChI=1S/C34H38NO2P/c1-5-15-29-21-13-23-31-32-24-14-22-30(16-6-2)34(32)37-38(36-33(29)31)35(25(3)27-17-9-7-10-18-27)26(4)28-19-11-8-12-20-28/h7-14,17-26H,5-6,15-16H2,1-4H3/t25-,26-/m0/s1. The van der Waals surface area contributed by atoms with Crippen molar-refractivity contribution in [2.75, 3.05) is 4.67 Å². The maximum Gasteiger partial charge on any atom is 0.310 e. The molecule has 4 heteroatoms. The van der Waals surface area contributed by atoms with Crippen LogP contribution in [0.25, 0.3) is 21.9 Å². The van der Waals surface area contributed by atoms with Gasteiger partial charge in [0.15, 0.2) is 0 Å². The molecule has 2 atom stereocenters. The van der Waals surface area contributed by atoms with Crippen LogP contribution in [0.1, 0.15) is 74.9 Å². The lowest BCUT2D eigenvalue weighted by Gasteiger charge is -2.31. The van der Waals surface area contributed by atoms with Crippen molar-refractivity contribution in [3.8, 4) is 0 Å². The number of benzene rings is 4. The third kappa shape index (κ3) is 5.32. The van der Waals surface area contributed by atoms with E-state index in [-0.39, 0.29) is 12.1 Å². The van der Waals surface area contributed by atoms with Crippen molar-refractivity contribution in [2.45, 2.75) is 65.5 Å². The zero-order valence-corrected chi connectivity index (χ0v) is 23.8. The second-order valence-electron chi connectivity index (χ2n) is 10.1. The van der Waals surface area contributed by atoms with Crippen LogP contribution < -0.4 is 4.67 Å². The van der Waals surface area contributed by atoms with Gasteiger partial charge in [0, 0.05) is 22.9 Å². The Balaban J connectivity index is 1.85. The molecule has 1 heterocycles. The van der Waals surface area contributed by atoms with E-state index < -0.39 is 8.16 Å². The van der Waals surface area contributed by atoms with Gasteiger partial charge < -0.3 is 8.39 Å². The van der Waals surface area contributed by atoms with E-state index >= 15 is 0 Å². The van der Waals surface area contributed by atoms with Crippen LogP contribution in [0.4, 0.5) is 0 Å². The third-order valence-corrected chi connectivity index (χ3v) is 9.15. The smallest absolute Gasteiger partial charge is 0.310 e. The summed E-state index contributed by atoms with van der Waals surface area (Å²) in [5, 5.41) is 2.27. The average Bonchev–Trinajstić information content (AvgIpc) is 3.12. The first-order valence-electron chi connectivity index (χ1n) is 13.9. The van der Waals surface area contributed by atoms with E-state index in [0.717, 1.165) is 47.6 Å². The van der Waals surface area contributed by atoms with Crippen molar-refractivity contribution in [1.82, 2.24) is 0 Å². The zero-order chi connectivity index (χ0) is 26.5. The van der Waals surface area contributed by atoms with Gasteiger partial charge in [-0.15, -0.1) is 0 Å². The number of para-hydroxylation sites is 2. The van der Waals surface area contributed by atoms with Gasteiger partial charge in [0.05, 0.1) is 0 Å². The summed E-state index contributed by atoms with van der Waals surface area (Å²) in [6.07, 6.45) is 4.06. The van der Waals surface area contributed by atoms with Gasteiger partial charge in [-0.2, -0.15) is 4.67 Å². The van der Waals surface area contributed by atoms with Gasteiger partial charge in [0.1, 0.15) is 11.2 Å². The Kier molecular flexibility index (Phi) is 8.37. The SMILES string of the molecule is CCCc1cccc2c1op(N([C@@H](C)c1ccccc1)[C@@H](C)c1ccccc1)oc1c(CCC)cccc12. The molecule has 1 aromatic heterocycles. The van der Waals surface area contributed by atoms with E-state index in [4.69, 9.17) is 8.39 Å². The van der Waals surface area contributed by atoms with Crippen molar-refractivity contribution in [3.05, 3.63) is 119 Å². The minimum Gasteiger partial charge on any atom is -0.407 e. The highest BCUT2D eigenvalue weighted by molar-refractivity contribution is 7.39. The summed E-state index contributed by atoms with van der Waals surface area (Å²) in [7, 11) is -1.48. The summed E-state index contributed by atoms with van der Waals surface area (Å²) in [6.45, 7) is 8.99. The Bertz CT molecular complexity index is 1410. The summed E-state index contributed by atoms with van der Waals surface area (Å²) >= 11 is 0. The van der Waals surface area contributed by atoms with Gasteiger partial charge in [-0.3, -0.25) is 0 Å². The zero-order valence-electron chi connectivity index (χ0n) is 22.9. The van der Waals surface area contributed by atoms with Crippen LogP contribution in [0, 0.1) is 0 Å². The summed E-state index contributed by atoms with van der Waals surface area (Å²) < 4.78 is 16.6. The Hall–Kier alpha value is -3.26. The predicted octanol–water partition coefficient (Wildman–Crippen LogP) is 10.7. The largest absolute Gasteiger partial charge is 0.407 e. The van der Waals surface area contributed by atoms with Gasteiger partial charge in [0.25, 0.3) is 0 Å². The molecule has 0 fully saturated rings. The Labute approximate surface area is 227 Å². The molecule has 4 aromatic carbocycles. The highest BCUT2D eigenvalue weighted by atomic mass is 31.1. The molecule has 0 unspecified atom stereocenters. The van der Waals surface area contributed by atoms with E-state index in [1.165, 1.54) is 22.3 Å². The molecule has 0 radical (unpaired) electrons. The topological polar surface area (TPSA) is 29.5 Å². The van der Waals surface area contributed by atoms with E-state index in [1.807, 2.05) is 0 Å². The van der Waals surface area contributed by atoms with Gasteiger partial charge in [-0.25, -0.2) is 0 Å². The molecule has 0 spiro atoms. The second kappa shape index (κ2) is 12.1. The molecule has 3 nitrogen and oxygen atoms in total. The van der Waals surface area contributed by atoms with E-state index in [9.17, 15) is 0 Å². The van der Waals surface area contributed by atoms with Crippen LogP contribution in [-0.4, -0.2) is 0 Å². The summed E-state index contributed by atoms with van der Waals surface area (Å²) in [6, 6.07) is 34.7. The molecular formula is C34H38NO2P. The van der Waals surface area contributed by atoms with Crippen molar-refractivity contribution >= 4 is 30.1 Å². The molecule has 38 heavy (non-hydrogen) atoms. The van der Waals surface area contributed by atoms with E-state index in [1.54, 1.807) is 0 Å². The molecule has 0 bridgehead atoms. The van der Waals surface area contributed by atoms with Gasteiger partial charge in [-0.05, 0) is 48.9 Å². The molecule has 5 rings (SSSR count). The van der Waals surface area contributed by atoms with Gasteiger partial charge >= 0.3 is 8.16 Å². The molecule has 196 valence electrons. The van der Waals surface area contributed by atoms with Gasteiger partial charge in [0.2, 0.25) is 0 Å². The Morgan fingerprint density at radius 3 is 1.39 bits per heavy atom. The highest BCUT2D eigenvalue weighted by Gasteiger charge is 2.29. The molecule has 0 amide bonds. The van der Waals surface area contributed by atoms with Crippen LogP contribution in [0.5, 0.6) is 0 Å². The van der Waals surface area contributed by atoms with Crippen LogP contribution in [0.15, 0.2) is 105 Å². The van der Waals surface area contributed by atoms with Crippen molar-refractivity contribution in [3.63, 3.8) is 0 Å². The lowest BCUT2D eigenvalue weighted by molar-refractivity contribution is 0.556. The molecule has 0 aliphatic rings. The molecule has 0 aliphatic heterocycles. The first-order chi connectivity index (χ1) is 18.6. The first-order valence-corrected chi connectivity index (χ1v) is 15.0. The first kappa shape index (κ1) is 26.4. The Morgan fingerprint density at radius 1 is 0.579 bits per heavy atom. The van der Waals surface area contributed by atoms with Crippen LogP contribution in [0.3, 0.4) is 0 Å². The molecule has 0 saturated carbocycles. The molecule has 5 aromatic rings. The number of hydrogen-bond donors (Lipinski definition) is 0. The number of nitrogens with zero attached hydrogens (tertiary/aromatic N) is 1. The molecule has 0 saturated heterocycles. The third-order valence-electron chi connectivity index (χ3n) is 7.41. The minimum absolute atomic E-state index is 0.0826. The molecule has 0 aliphatic carbocycles. The van der Waals surface area contributed by atoms with Gasteiger partial charge in [-0.1, -0.05) is 124 Å². The second-order valence-corrected chi connectivity index (χ2v) is 11.4. The number of hydrogen-bond acceptors (Lipinski definition) is 3. The van der Waals surface area contributed by atoms with Crippen LogP contribution in [0.2, 0.25) is 0 Å². The van der Waals surface area contributed by atoms with E-state index in [0.29, 0.717) is 0 Å². The predicted molar refractivity (Wildman–Crippen MR) is 162 cm³/mol. The lowest BCUT2D eigenvalue weighted by atomic mass is 10.0. The maximum atomic E-state index is 7.07. The quantitative estimate of drug-likeness (QED) is 0.192. The highest BCUT2D eigenvalue weighted by Crippen LogP contribution is 2.47.